The zero-order valence-corrected chi connectivity index (χ0v) is 11.4. The van der Waals surface area contributed by atoms with E-state index >= 15 is 0 Å². The van der Waals surface area contributed by atoms with Crippen LogP contribution in [0.1, 0.15) is 30.1 Å². The summed E-state index contributed by atoms with van der Waals surface area (Å²) in [6.45, 7) is 4.07. The molecule has 1 aliphatic rings. The predicted octanol–water partition coefficient (Wildman–Crippen LogP) is 0.501. The maximum atomic E-state index is 11.4. The van der Waals surface area contributed by atoms with Gasteiger partial charge < -0.3 is 10.2 Å². The van der Waals surface area contributed by atoms with Gasteiger partial charge in [0.05, 0.1) is 11.8 Å². The molecule has 0 atom stereocenters. The summed E-state index contributed by atoms with van der Waals surface area (Å²) < 4.78 is 1.82. The van der Waals surface area contributed by atoms with E-state index in [2.05, 4.69) is 10.4 Å². The highest BCUT2D eigenvalue weighted by Crippen LogP contribution is 2.19. The van der Waals surface area contributed by atoms with Crippen LogP contribution in [-0.2, 0) is 11.3 Å². The molecular formula is C13H20N4O2. The van der Waals surface area contributed by atoms with Crippen molar-refractivity contribution in [2.24, 2.45) is 5.92 Å². The Morgan fingerprint density at radius 3 is 2.68 bits per heavy atom. The molecule has 1 fully saturated rings. The van der Waals surface area contributed by atoms with Gasteiger partial charge in [-0.25, -0.2) is 0 Å². The standard InChI is InChI=1S/C13H20N4O2/c1-10(18)16-5-3-11(4-6-16)8-17-9-12(7-15-17)13(19)14-2/h7,9,11H,3-6,8H2,1-2H3,(H,14,19). The number of likely N-dealkylation sites (tertiary alicyclic amines) is 1. The summed E-state index contributed by atoms with van der Waals surface area (Å²) >= 11 is 0. The summed E-state index contributed by atoms with van der Waals surface area (Å²) in [4.78, 5) is 24.6. The summed E-state index contributed by atoms with van der Waals surface area (Å²) in [5, 5.41) is 6.79. The van der Waals surface area contributed by atoms with Crippen molar-refractivity contribution in [2.45, 2.75) is 26.3 Å². The molecular weight excluding hydrogens is 244 g/mol. The average molecular weight is 264 g/mol. The van der Waals surface area contributed by atoms with Gasteiger partial charge in [-0.3, -0.25) is 14.3 Å². The quantitative estimate of drug-likeness (QED) is 0.864. The zero-order valence-electron chi connectivity index (χ0n) is 11.4. The van der Waals surface area contributed by atoms with Gasteiger partial charge in [-0.05, 0) is 18.8 Å². The molecule has 6 heteroatoms. The fraction of sp³-hybridized carbons (Fsp3) is 0.615. The number of aromatic nitrogens is 2. The van der Waals surface area contributed by atoms with Crippen molar-refractivity contribution in [1.82, 2.24) is 20.0 Å². The zero-order chi connectivity index (χ0) is 13.8. The van der Waals surface area contributed by atoms with Crippen LogP contribution in [0.5, 0.6) is 0 Å². The van der Waals surface area contributed by atoms with Gasteiger partial charge in [0.25, 0.3) is 5.91 Å². The lowest BCUT2D eigenvalue weighted by atomic mass is 9.97. The molecule has 0 aromatic carbocycles. The number of nitrogens with zero attached hydrogens (tertiary/aromatic N) is 3. The van der Waals surface area contributed by atoms with E-state index in [0.29, 0.717) is 11.5 Å². The van der Waals surface area contributed by atoms with Crippen LogP contribution in [0, 0.1) is 5.92 Å². The summed E-state index contributed by atoms with van der Waals surface area (Å²) in [5.74, 6) is 0.560. The number of rotatable bonds is 3. The third kappa shape index (κ3) is 3.33. The fourth-order valence-electron chi connectivity index (χ4n) is 2.42. The van der Waals surface area contributed by atoms with E-state index in [4.69, 9.17) is 0 Å². The smallest absolute Gasteiger partial charge is 0.254 e. The number of piperidine rings is 1. The molecule has 1 aromatic rings. The number of carbonyl (C=O) groups is 2. The molecule has 1 saturated heterocycles. The largest absolute Gasteiger partial charge is 0.355 e. The van der Waals surface area contributed by atoms with Crippen molar-refractivity contribution >= 4 is 11.8 Å². The van der Waals surface area contributed by atoms with E-state index in [0.717, 1.165) is 32.5 Å². The highest BCUT2D eigenvalue weighted by atomic mass is 16.2. The van der Waals surface area contributed by atoms with Crippen molar-refractivity contribution in [3.63, 3.8) is 0 Å². The molecule has 1 aliphatic heterocycles. The Bertz CT molecular complexity index is 461. The third-order valence-electron chi connectivity index (χ3n) is 3.63. The Labute approximate surface area is 112 Å². The second kappa shape index (κ2) is 5.86. The Hall–Kier alpha value is -1.85. The van der Waals surface area contributed by atoms with Gasteiger partial charge in [-0.2, -0.15) is 5.10 Å². The molecule has 0 bridgehead atoms. The van der Waals surface area contributed by atoms with Gasteiger partial charge in [0, 0.05) is 39.8 Å². The van der Waals surface area contributed by atoms with Gasteiger partial charge in [-0.1, -0.05) is 0 Å². The summed E-state index contributed by atoms with van der Waals surface area (Å²) in [6, 6.07) is 0. The van der Waals surface area contributed by atoms with Crippen molar-refractivity contribution in [3.05, 3.63) is 18.0 Å². The van der Waals surface area contributed by atoms with E-state index in [1.807, 2.05) is 9.58 Å². The van der Waals surface area contributed by atoms with Gasteiger partial charge in [-0.15, -0.1) is 0 Å². The Morgan fingerprint density at radius 1 is 1.42 bits per heavy atom. The SMILES string of the molecule is CNC(=O)c1cnn(CC2CCN(C(C)=O)CC2)c1. The van der Waals surface area contributed by atoms with Crippen LogP contribution in [0.2, 0.25) is 0 Å². The number of amides is 2. The van der Waals surface area contributed by atoms with Crippen molar-refractivity contribution in [2.75, 3.05) is 20.1 Å². The van der Waals surface area contributed by atoms with Crippen molar-refractivity contribution < 1.29 is 9.59 Å². The van der Waals surface area contributed by atoms with E-state index in [9.17, 15) is 9.59 Å². The number of nitrogens with one attached hydrogen (secondary N) is 1. The number of carbonyl (C=O) groups excluding carboxylic acids is 2. The lowest BCUT2D eigenvalue weighted by Gasteiger charge is -2.31. The van der Waals surface area contributed by atoms with Crippen LogP contribution in [0.25, 0.3) is 0 Å². The second-order valence-corrected chi connectivity index (χ2v) is 4.98. The summed E-state index contributed by atoms with van der Waals surface area (Å²) in [5.41, 5.74) is 0.587. The van der Waals surface area contributed by atoms with Crippen LogP contribution in [0.4, 0.5) is 0 Å². The minimum absolute atomic E-state index is 0.113. The van der Waals surface area contributed by atoms with Gasteiger partial charge in [0.1, 0.15) is 0 Å². The van der Waals surface area contributed by atoms with Crippen molar-refractivity contribution in [3.8, 4) is 0 Å². The van der Waals surface area contributed by atoms with E-state index in [1.165, 1.54) is 0 Å². The van der Waals surface area contributed by atoms with Crippen molar-refractivity contribution in [1.29, 1.82) is 0 Å². The molecule has 6 nitrogen and oxygen atoms in total. The molecule has 2 heterocycles. The Morgan fingerprint density at radius 2 is 2.11 bits per heavy atom. The van der Waals surface area contributed by atoms with Gasteiger partial charge in [0.15, 0.2) is 0 Å². The van der Waals surface area contributed by atoms with E-state index < -0.39 is 0 Å². The first-order valence-corrected chi connectivity index (χ1v) is 6.60. The van der Waals surface area contributed by atoms with Crippen LogP contribution >= 0.6 is 0 Å². The minimum Gasteiger partial charge on any atom is -0.355 e. The average Bonchev–Trinajstić information content (AvgIpc) is 2.87. The molecule has 1 aromatic heterocycles. The maximum Gasteiger partial charge on any atom is 0.254 e. The molecule has 19 heavy (non-hydrogen) atoms. The first-order valence-electron chi connectivity index (χ1n) is 6.60. The number of hydrogen-bond acceptors (Lipinski definition) is 3. The van der Waals surface area contributed by atoms with E-state index in [1.54, 1.807) is 26.4 Å². The van der Waals surface area contributed by atoms with Crippen LogP contribution in [-0.4, -0.2) is 46.6 Å². The summed E-state index contributed by atoms with van der Waals surface area (Å²) in [6.07, 6.45) is 5.35. The molecule has 0 unspecified atom stereocenters. The highest BCUT2D eigenvalue weighted by molar-refractivity contribution is 5.93. The Balaban J connectivity index is 1.87. The second-order valence-electron chi connectivity index (χ2n) is 4.98. The minimum atomic E-state index is -0.113. The molecule has 0 saturated carbocycles. The monoisotopic (exact) mass is 264 g/mol. The predicted molar refractivity (Wildman–Crippen MR) is 70.6 cm³/mol. The normalized spacial score (nSPS) is 16.4. The molecule has 0 spiro atoms. The summed E-state index contributed by atoms with van der Waals surface area (Å²) in [7, 11) is 1.61. The van der Waals surface area contributed by atoms with Gasteiger partial charge in [0.2, 0.25) is 5.91 Å². The van der Waals surface area contributed by atoms with Gasteiger partial charge >= 0.3 is 0 Å². The fourth-order valence-corrected chi connectivity index (χ4v) is 2.42. The molecule has 0 aliphatic carbocycles. The first kappa shape index (κ1) is 13.6. The van der Waals surface area contributed by atoms with Crippen LogP contribution in [0.15, 0.2) is 12.4 Å². The van der Waals surface area contributed by atoms with Crippen LogP contribution in [0.3, 0.4) is 0 Å². The number of hydrogen-bond donors (Lipinski definition) is 1. The lowest BCUT2D eigenvalue weighted by Crippen LogP contribution is -2.38. The topological polar surface area (TPSA) is 67.2 Å². The Kier molecular flexibility index (Phi) is 4.19. The maximum absolute atomic E-state index is 11.4. The third-order valence-corrected chi connectivity index (χ3v) is 3.63. The molecule has 0 radical (unpaired) electrons. The first-order chi connectivity index (χ1) is 9.10. The van der Waals surface area contributed by atoms with E-state index in [-0.39, 0.29) is 11.8 Å². The molecule has 104 valence electrons. The molecule has 1 N–H and O–H groups in total. The van der Waals surface area contributed by atoms with Crippen LogP contribution < -0.4 is 5.32 Å². The molecule has 2 rings (SSSR count). The highest BCUT2D eigenvalue weighted by Gasteiger charge is 2.21. The lowest BCUT2D eigenvalue weighted by molar-refractivity contribution is -0.130. The molecule has 2 amide bonds.